The first-order valence-corrected chi connectivity index (χ1v) is 7.16. The number of carbonyl (C=O) groups excluding carboxylic acids is 1. The van der Waals surface area contributed by atoms with E-state index in [1.807, 2.05) is 35.7 Å². The number of carbonyl (C=O) groups is 1. The Morgan fingerprint density at radius 2 is 2.05 bits per heavy atom. The molecule has 0 aliphatic rings. The van der Waals surface area contributed by atoms with E-state index >= 15 is 0 Å². The maximum absolute atomic E-state index is 11.9. The molecule has 2 nitrogen and oxygen atoms in total. The van der Waals surface area contributed by atoms with Gasteiger partial charge in [-0.25, -0.2) is 0 Å². The van der Waals surface area contributed by atoms with Crippen molar-refractivity contribution in [3.8, 4) is 5.75 Å². The first-order valence-electron chi connectivity index (χ1n) is 6.28. The van der Waals surface area contributed by atoms with E-state index in [1.165, 1.54) is 0 Å². The molecule has 0 aliphatic heterocycles. The number of allylic oxidation sites excluding steroid dienone is 1. The van der Waals surface area contributed by atoms with E-state index in [0.717, 1.165) is 17.0 Å². The Labute approximate surface area is 117 Å². The summed E-state index contributed by atoms with van der Waals surface area (Å²) < 4.78 is 5.48. The number of ether oxygens (including phenoxy) is 1. The summed E-state index contributed by atoms with van der Waals surface area (Å²) in [6, 6.07) is 11.2. The van der Waals surface area contributed by atoms with Crippen molar-refractivity contribution in [1.82, 2.24) is 0 Å². The summed E-state index contributed by atoms with van der Waals surface area (Å²) in [5, 5.41) is 1.99. The fourth-order valence-electron chi connectivity index (χ4n) is 1.58. The molecular weight excluding hydrogens is 256 g/mol. The van der Waals surface area contributed by atoms with Gasteiger partial charge in [0.15, 0.2) is 5.78 Å². The second kappa shape index (κ2) is 6.90. The van der Waals surface area contributed by atoms with Gasteiger partial charge in [-0.3, -0.25) is 4.79 Å². The molecule has 1 aromatic carbocycles. The number of rotatable bonds is 6. The highest BCUT2D eigenvalue weighted by Gasteiger charge is 2.02. The minimum absolute atomic E-state index is 0.00967. The van der Waals surface area contributed by atoms with Crippen LogP contribution in [0.3, 0.4) is 0 Å². The molecule has 0 fully saturated rings. The van der Waals surface area contributed by atoms with Gasteiger partial charge >= 0.3 is 0 Å². The third kappa shape index (κ3) is 4.07. The van der Waals surface area contributed by atoms with Gasteiger partial charge < -0.3 is 4.74 Å². The molecule has 0 N–H and O–H groups in total. The van der Waals surface area contributed by atoms with Crippen LogP contribution in [0.1, 0.15) is 28.6 Å². The average molecular weight is 272 g/mol. The second-order valence-electron chi connectivity index (χ2n) is 4.09. The number of thiophene rings is 1. The molecule has 0 saturated heterocycles. The smallest absolute Gasteiger partial charge is 0.185 e. The first-order chi connectivity index (χ1) is 9.29. The van der Waals surface area contributed by atoms with Gasteiger partial charge in [-0.05, 0) is 54.3 Å². The van der Waals surface area contributed by atoms with Crippen LogP contribution in [0.2, 0.25) is 0 Å². The highest BCUT2D eigenvalue weighted by atomic mass is 32.1. The van der Waals surface area contributed by atoms with E-state index in [9.17, 15) is 4.79 Å². The molecular formula is C16H16O2S. The standard InChI is InChI=1S/C16H16O2S/c1-2-11-18-14-7-5-13(6-8-14)16(17)10-9-15-4-3-12-19-15/h3-10,12H,2,11H2,1H3/b10-9+. The molecule has 0 bridgehead atoms. The van der Waals surface area contributed by atoms with Crippen molar-refractivity contribution in [2.24, 2.45) is 0 Å². The van der Waals surface area contributed by atoms with Gasteiger partial charge in [-0.2, -0.15) is 0 Å². The Balaban J connectivity index is 1.99. The molecule has 2 aromatic rings. The average Bonchev–Trinajstić information content (AvgIpc) is 2.96. The van der Waals surface area contributed by atoms with Gasteiger partial charge in [0.25, 0.3) is 0 Å². The molecule has 2 rings (SSSR count). The van der Waals surface area contributed by atoms with Crippen LogP contribution in [0.5, 0.6) is 5.75 Å². The summed E-state index contributed by atoms with van der Waals surface area (Å²) in [5.74, 6) is 0.816. The van der Waals surface area contributed by atoms with Gasteiger partial charge in [-0.15, -0.1) is 11.3 Å². The Morgan fingerprint density at radius 3 is 2.68 bits per heavy atom. The predicted octanol–water partition coefficient (Wildman–Crippen LogP) is 4.43. The van der Waals surface area contributed by atoms with Gasteiger partial charge in [0, 0.05) is 10.4 Å². The second-order valence-corrected chi connectivity index (χ2v) is 5.07. The quantitative estimate of drug-likeness (QED) is 0.574. The molecule has 0 amide bonds. The highest BCUT2D eigenvalue weighted by Crippen LogP contribution is 2.15. The fourth-order valence-corrected chi connectivity index (χ4v) is 2.19. The summed E-state index contributed by atoms with van der Waals surface area (Å²) >= 11 is 1.61. The molecule has 1 heterocycles. The monoisotopic (exact) mass is 272 g/mol. The van der Waals surface area contributed by atoms with Crippen molar-refractivity contribution in [3.63, 3.8) is 0 Å². The van der Waals surface area contributed by atoms with E-state index in [0.29, 0.717) is 12.2 Å². The Morgan fingerprint density at radius 1 is 1.26 bits per heavy atom. The Kier molecular flexibility index (Phi) is 4.93. The van der Waals surface area contributed by atoms with Crippen molar-refractivity contribution in [2.45, 2.75) is 13.3 Å². The third-order valence-corrected chi connectivity index (χ3v) is 3.39. The lowest BCUT2D eigenvalue weighted by atomic mass is 10.1. The minimum atomic E-state index is 0.00967. The summed E-state index contributed by atoms with van der Waals surface area (Å²) in [6.45, 7) is 2.76. The van der Waals surface area contributed by atoms with Crippen molar-refractivity contribution in [2.75, 3.05) is 6.61 Å². The molecule has 1 aromatic heterocycles. The predicted molar refractivity (Wildman–Crippen MR) is 79.9 cm³/mol. The zero-order chi connectivity index (χ0) is 13.5. The van der Waals surface area contributed by atoms with Crippen LogP contribution >= 0.6 is 11.3 Å². The lowest BCUT2D eigenvalue weighted by Gasteiger charge is -2.04. The molecule has 0 aliphatic carbocycles. The topological polar surface area (TPSA) is 26.3 Å². The Hall–Kier alpha value is -1.87. The van der Waals surface area contributed by atoms with Crippen molar-refractivity contribution in [3.05, 3.63) is 58.3 Å². The van der Waals surface area contributed by atoms with Crippen LogP contribution in [0.15, 0.2) is 47.9 Å². The van der Waals surface area contributed by atoms with Crippen LogP contribution in [-0.2, 0) is 0 Å². The number of hydrogen-bond acceptors (Lipinski definition) is 3. The molecule has 0 spiro atoms. The van der Waals surface area contributed by atoms with Gasteiger partial charge in [0.1, 0.15) is 5.75 Å². The first kappa shape index (κ1) is 13.6. The summed E-state index contributed by atoms with van der Waals surface area (Å²) in [5.41, 5.74) is 0.677. The van der Waals surface area contributed by atoms with Crippen molar-refractivity contribution in [1.29, 1.82) is 0 Å². The van der Waals surface area contributed by atoms with Crippen LogP contribution in [0.4, 0.5) is 0 Å². The van der Waals surface area contributed by atoms with Crippen LogP contribution in [0, 0.1) is 0 Å². The molecule has 0 unspecified atom stereocenters. The molecule has 3 heteroatoms. The lowest BCUT2D eigenvalue weighted by molar-refractivity contribution is 0.104. The molecule has 0 atom stereocenters. The minimum Gasteiger partial charge on any atom is -0.494 e. The zero-order valence-corrected chi connectivity index (χ0v) is 11.7. The van der Waals surface area contributed by atoms with E-state index in [1.54, 1.807) is 29.5 Å². The van der Waals surface area contributed by atoms with Gasteiger partial charge in [0.05, 0.1) is 6.61 Å². The number of hydrogen-bond donors (Lipinski definition) is 0. The summed E-state index contributed by atoms with van der Waals surface area (Å²) in [4.78, 5) is 13.0. The molecule has 0 saturated carbocycles. The lowest BCUT2D eigenvalue weighted by Crippen LogP contribution is -1.97. The highest BCUT2D eigenvalue weighted by molar-refractivity contribution is 7.10. The van der Waals surface area contributed by atoms with Gasteiger partial charge in [0.2, 0.25) is 0 Å². The molecule has 98 valence electrons. The largest absolute Gasteiger partial charge is 0.494 e. The zero-order valence-electron chi connectivity index (χ0n) is 10.8. The van der Waals surface area contributed by atoms with E-state index < -0.39 is 0 Å². The van der Waals surface area contributed by atoms with E-state index in [-0.39, 0.29) is 5.78 Å². The maximum atomic E-state index is 11.9. The van der Waals surface area contributed by atoms with Crippen LogP contribution in [-0.4, -0.2) is 12.4 Å². The van der Waals surface area contributed by atoms with Crippen LogP contribution < -0.4 is 4.74 Å². The van der Waals surface area contributed by atoms with E-state index in [4.69, 9.17) is 4.74 Å². The fraction of sp³-hybridized carbons (Fsp3) is 0.188. The summed E-state index contributed by atoms with van der Waals surface area (Å²) in [7, 11) is 0. The number of ketones is 1. The van der Waals surface area contributed by atoms with Crippen LogP contribution in [0.25, 0.3) is 6.08 Å². The summed E-state index contributed by atoms with van der Waals surface area (Å²) in [6.07, 6.45) is 4.42. The maximum Gasteiger partial charge on any atom is 0.185 e. The third-order valence-electron chi connectivity index (χ3n) is 2.55. The molecule has 0 radical (unpaired) electrons. The normalized spacial score (nSPS) is 10.8. The number of benzene rings is 1. The van der Waals surface area contributed by atoms with Crippen molar-refractivity contribution >= 4 is 23.2 Å². The van der Waals surface area contributed by atoms with Crippen molar-refractivity contribution < 1.29 is 9.53 Å². The SMILES string of the molecule is CCCOc1ccc(C(=O)/C=C/c2cccs2)cc1. The Bertz CT molecular complexity index is 539. The van der Waals surface area contributed by atoms with E-state index in [2.05, 4.69) is 6.92 Å². The van der Waals surface area contributed by atoms with Gasteiger partial charge in [-0.1, -0.05) is 13.0 Å². The molecule has 19 heavy (non-hydrogen) atoms.